The Kier molecular flexibility index (Phi) is 9.20. The first kappa shape index (κ1) is 20.5. The van der Waals surface area contributed by atoms with E-state index in [4.69, 9.17) is 9.84 Å². The van der Waals surface area contributed by atoms with E-state index in [0.717, 1.165) is 49.4 Å². The number of ether oxygens (including phenoxy) is 1. The van der Waals surface area contributed by atoms with Crippen molar-refractivity contribution in [2.24, 2.45) is 0 Å². The van der Waals surface area contributed by atoms with Crippen molar-refractivity contribution in [1.82, 2.24) is 0 Å². The molecule has 130 valence electrons. The molecule has 1 aliphatic heterocycles. The second kappa shape index (κ2) is 10.3. The average molecular weight is 404 g/mol. The quantitative estimate of drug-likeness (QED) is 0.544. The fourth-order valence-electron chi connectivity index (χ4n) is 2.76. The highest BCUT2D eigenvalue weighted by Gasteiger charge is 2.30. The monoisotopic (exact) mass is 403 g/mol. The molecule has 1 aromatic rings. The third-order valence-corrected chi connectivity index (χ3v) is 5.78. The normalized spacial score (nSPS) is 17.3. The van der Waals surface area contributed by atoms with Gasteiger partial charge in [-0.3, -0.25) is 4.79 Å². The summed E-state index contributed by atoms with van der Waals surface area (Å²) in [5, 5.41) is 7.54. The van der Waals surface area contributed by atoms with Crippen LogP contribution in [-0.2, 0) is 4.74 Å². The number of carbonyl (C=O) groups excluding carboxylic acids is 1. The van der Waals surface area contributed by atoms with Gasteiger partial charge in [-0.15, -0.1) is 0 Å². The van der Waals surface area contributed by atoms with Crippen molar-refractivity contribution < 1.29 is 14.6 Å². The second-order valence-electron chi connectivity index (χ2n) is 5.42. The number of carbonyl (C=O) groups is 1. The Hall–Kier alpha value is -0.560. The number of nitrogens with zero attached hydrogens (tertiary/aromatic N) is 1. The lowest BCUT2D eigenvalue weighted by molar-refractivity contribution is 0.112. The topological polar surface area (TPSA) is 49.8 Å². The van der Waals surface area contributed by atoms with Crippen LogP contribution in [0.25, 0.3) is 0 Å². The number of aldehydes is 1. The molecule has 2 unspecified atom stereocenters. The zero-order valence-electron chi connectivity index (χ0n) is 14.2. The Balaban J connectivity index is 0.00000127. The van der Waals surface area contributed by atoms with E-state index in [1.807, 2.05) is 18.0 Å². The first-order valence-corrected chi connectivity index (χ1v) is 9.40. The number of hydrogen-bond donors (Lipinski definition) is 1. The van der Waals surface area contributed by atoms with Crippen molar-refractivity contribution in [2.45, 2.75) is 37.9 Å². The summed E-state index contributed by atoms with van der Waals surface area (Å²) >= 11 is 5.40. The summed E-state index contributed by atoms with van der Waals surface area (Å²) < 4.78 is 8.51. The van der Waals surface area contributed by atoms with Crippen molar-refractivity contribution in [2.75, 3.05) is 31.7 Å². The maximum absolute atomic E-state index is 11.3. The van der Waals surface area contributed by atoms with E-state index < -0.39 is 0 Å². The molecule has 0 aromatic heterocycles. The predicted molar refractivity (Wildman–Crippen MR) is 102 cm³/mol. The van der Waals surface area contributed by atoms with Gasteiger partial charge in [-0.2, -0.15) is 0 Å². The van der Waals surface area contributed by atoms with Crippen LogP contribution < -0.4 is 4.31 Å². The lowest BCUT2D eigenvalue weighted by Gasteiger charge is -2.24. The Bertz CT molecular complexity index is 513. The van der Waals surface area contributed by atoms with E-state index in [1.165, 1.54) is 11.3 Å². The zero-order valence-corrected chi connectivity index (χ0v) is 16.6. The van der Waals surface area contributed by atoms with Gasteiger partial charge in [0.15, 0.2) is 0 Å². The minimum atomic E-state index is 0.390. The molecular weight excluding hydrogens is 378 g/mol. The van der Waals surface area contributed by atoms with Crippen molar-refractivity contribution >= 4 is 39.9 Å². The number of methoxy groups -OCH3 is 1. The predicted octanol–water partition coefficient (Wildman–Crippen LogP) is 4.26. The van der Waals surface area contributed by atoms with Gasteiger partial charge in [-0.1, -0.05) is 29.8 Å². The number of rotatable bonds is 7. The number of aliphatic hydroxyl groups excluding tert-OH is 1. The van der Waals surface area contributed by atoms with Gasteiger partial charge in [0.25, 0.3) is 0 Å². The third kappa shape index (κ3) is 5.21. The molecule has 0 amide bonds. The second-order valence-corrected chi connectivity index (χ2v) is 7.66. The van der Waals surface area contributed by atoms with E-state index in [1.54, 1.807) is 7.11 Å². The summed E-state index contributed by atoms with van der Waals surface area (Å²) in [6, 6.07) is 4.04. The van der Waals surface area contributed by atoms with Crippen molar-refractivity contribution in [1.29, 1.82) is 0 Å². The molecular formula is C17H26BrNO3S. The molecule has 1 N–H and O–H groups in total. The van der Waals surface area contributed by atoms with E-state index in [0.29, 0.717) is 11.2 Å². The fourth-order valence-corrected chi connectivity index (χ4v) is 4.51. The average Bonchev–Trinajstić information content (AvgIpc) is 2.88. The van der Waals surface area contributed by atoms with Crippen LogP contribution in [0.5, 0.6) is 0 Å². The molecule has 0 radical (unpaired) electrons. The maximum atomic E-state index is 11.3. The van der Waals surface area contributed by atoms with Crippen LogP contribution in [0.4, 0.5) is 5.69 Å². The lowest BCUT2D eigenvalue weighted by atomic mass is 9.98. The highest BCUT2D eigenvalue weighted by atomic mass is 79.9. The molecule has 23 heavy (non-hydrogen) atoms. The Morgan fingerprint density at radius 3 is 2.78 bits per heavy atom. The Morgan fingerprint density at radius 1 is 1.52 bits per heavy atom. The molecule has 0 saturated carbocycles. The number of fused-ring (bicyclic) bond motifs is 1. The van der Waals surface area contributed by atoms with Crippen LogP contribution in [0.2, 0.25) is 0 Å². The summed E-state index contributed by atoms with van der Waals surface area (Å²) in [7, 11) is 2.75. The molecule has 0 fully saturated rings. The first-order chi connectivity index (χ1) is 11.1. The summed E-state index contributed by atoms with van der Waals surface area (Å²) in [6.07, 6.45) is 3.13. The van der Waals surface area contributed by atoms with Crippen LogP contribution in [0.3, 0.4) is 0 Å². The smallest absolute Gasteiger partial charge is 0.150 e. The molecule has 1 aliphatic rings. The molecule has 0 saturated heterocycles. The summed E-state index contributed by atoms with van der Waals surface area (Å²) in [5.74, 6) is 0.390. The van der Waals surface area contributed by atoms with Gasteiger partial charge < -0.3 is 14.1 Å². The van der Waals surface area contributed by atoms with Crippen LogP contribution in [0.15, 0.2) is 16.6 Å². The van der Waals surface area contributed by atoms with Gasteiger partial charge in [0.05, 0.1) is 5.69 Å². The molecule has 0 aliphatic carbocycles. The fraction of sp³-hybridized carbons (Fsp3) is 0.588. The van der Waals surface area contributed by atoms with Gasteiger partial charge in [0, 0.05) is 48.6 Å². The van der Waals surface area contributed by atoms with Crippen LogP contribution >= 0.6 is 27.9 Å². The van der Waals surface area contributed by atoms with E-state index in [2.05, 4.69) is 40.1 Å². The molecule has 0 spiro atoms. The van der Waals surface area contributed by atoms with Crippen LogP contribution in [0, 0.1) is 0 Å². The molecule has 1 aromatic carbocycles. The van der Waals surface area contributed by atoms with Crippen molar-refractivity contribution in [3.63, 3.8) is 0 Å². The number of aliphatic hydroxyl groups is 1. The number of anilines is 1. The first-order valence-electron chi connectivity index (χ1n) is 7.77. The zero-order chi connectivity index (χ0) is 17.4. The molecule has 2 atom stereocenters. The SMILES string of the molecule is CCC(CCOC)SN1CC(C)c2c(C=O)cc(Br)cc21.CO. The summed E-state index contributed by atoms with van der Waals surface area (Å²) in [4.78, 5) is 11.3. The third-order valence-electron chi connectivity index (χ3n) is 3.86. The highest BCUT2D eigenvalue weighted by Crippen LogP contribution is 2.44. The van der Waals surface area contributed by atoms with E-state index in [9.17, 15) is 4.79 Å². The lowest BCUT2D eigenvalue weighted by Crippen LogP contribution is -2.18. The van der Waals surface area contributed by atoms with Crippen LogP contribution in [0.1, 0.15) is 48.5 Å². The minimum Gasteiger partial charge on any atom is -0.400 e. The largest absolute Gasteiger partial charge is 0.400 e. The molecule has 0 bridgehead atoms. The minimum absolute atomic E-state index is 0.390. The standard InChI is InChI=1S/C16H22BrNO2S.CH4O/c1-4-14(5-6-20-3)21-18-9-11(2)16-12(10-19)7-13(17)8-15(16)18;1-2/h7-8,10-11,14H,4-6,9H2,1-3H3;2H,1H3. The molecule has 4 nitrogen and oxygen atoms in total. The van der Waals surface area contributed by atoms with Crippen molar-refractivity contribution in [3.05, 3.63) is 27.7 Å². The maximum Gasteiger partial charge on any atom is 0.150 e. The van der Waals surface area contributed by atoms with Gasteiger partial charge in [-0.25, -0.2) is 0 Å². The summed E-state index contributed by atoms with van der Waals surface area (Å²) in [5.41, 5.74) is 3.17. The summed E-state index contributed by atoms with van der Waals surface area (Å²) in [6.45, 7) is 6.16. The Labute approximate surface area is 151 Å². The van der Waals surface area contributed by atoms with Crippen molar-refractivity contribution in [3.8, 4) is 0 Å². The number of hydrogen-bond acceptors (Lipinski definition) is 5. The highest BCUT2D eigenvalue weighted by molar-refractivity contribution is 9.10. The van der Waals surface area contributed by atoms with Gasteiger partial charge in [-0.05, 0) is 42.5 Å². The van der Waals surface area contributed by atoms with Gasteiger partial charge >= 0.3 is 0 Å². The van der Waals surface area contributed by atoms with Gasteiger partial charge in [0.1, 0.15) is 6.29 Å². The molecule has 6 heteroatoms. The number of benzene rings is 1. The van der Waals surface area contributed by atoms with Crippen LogP contribution in [-0.4, -0.2) is 44.0 Å². The van der Waals surface area contributed by atoms with E-state index >= 15 is 0 Å². The molecule has 1 heterocycles. The van der Waals surface area contributed by atoms with Gasteiger partial charge in [0.2, 0.25) is 0 Å². The number of halogens is 1. The molecule has 2 rings (SSSR count). The Morgan fingerprint density at radius 2 is 2.22 bits per heavy atom. The van der Waals surface area contributed by atoms with E-state index in [-0.39, 0.29) is 0 Å².